The molecule has 0 fully saturated rings. The molecule has 2 aromatic heterocycles. The first kappa shape index (κ1) is 16.1. The molecule has 4 aromatic rings. The molecule has 0 spiro atoms. The van der Waals surface area contributed by atoms with E-state index in [0.717, 1.165) is 20.0 Å². The molecular weight excluding hydrogens is 427 g/mol. The molecule has 4 rings (SSSR count). The monoisotopic (exact) mass is 438 g/mol. The van der Waals surface area contributed by atoms with E-state index in [2.05, 4.69) is 48.1 Å². The summed E-state index contributed by atoms with van der Waals surface area (Å²) in [5, 5.41) is 9.53. The van der Waals surface area contributed by atoms with Crippen molar-refractivity contribution >= 4 is 53.7 Å². The maximum absolute atomic E-state index is 13.0. The molecule has 7 heteroatoms. The highest BCUT2D eigenvalue weighted by atomic mass is 79.9. The van der Waals surface area contributed by atoms with Crippen LogP contribution in [0.15, 0.2) is 51.5 Å². The number of aromatic nitrogens is 4. The first-order chi connectivity index (χ1) is 11.0. The molecule has 23 heavy (non-hydrogen) atoms. The van der Waals surface area contributed by atoms with Crippen molar-refractivity contribution in [3.63, 3.8) is 0 Å². The fraction of sp³-hybridized carbons (Fsp3) is 0.125. The largest absolute Gasteiger partial charge is 0.268 e. The van der Waals surface area contributed by atoms with Crippen LogP contribution in [0.4, 0.5) is 4.39 Å². The predicted octanol–water partition coefficient (Wildman–Crippen LogP) is 4.81. The van der Waals surface area contributed by atoms with Gasteiger partial charge in [0.25, 0.3) is 0 Å². The molecule has 0 N–H and O–H groups in total. The summed E-state index contributed by atoms with van der Waals surface area (Å²) in [6.07, 6.45) is 1.86. The molecule has 4 nitrogen and oxygen atoms in total. The molecule has 2 aromatic carbocycles. The lowest BCUT2D eigenvalue weighted by Crippen LogP contribution is -1.89. The Balaban J connectivity index is 0.000000136. The van der Waals surface area contributed by atoms with Crippen molar-refractivity contribution in [1.82, 2.24) is 19.6 Å². The van der Waals surface area contributed by atoms with E-state index in [0.29, 0.717) is 5.39 Å². The van der Waals surface area contributed by atoms with Gasteiger partial charge in [0, 0.05) is 28.4 Å². The normalized spacial score (nSPS) is 10.8. The van der Waals surface area contributed by atoms with Crippen LogP contribution < -0.4 is 0 Å². The molecule has 118 valence electrons. The number of hydrogen-bond acceptors (Lipinski definition) is 2. The van der Waals surface area contributed by atoms with Gasteiger partial charge in [0.2, 0.25) is 5.95 Å². The third-order valence-electron chi connectivity index (χ3n) is 3.48. The van der Waals surface area contributed by atoms with Crippen LogP contribution >= 0.6 is 31.9 Å². The molecule has 0 saturated heterocycles. The van der Waals surface area contributed by atoms with Gasteiger partial charge in [0.1, 0.15) is 0 Å². The van der Waals surface area contributed by atoms with Crippen LogP contribution in [0.25, 0.3) is 21.8 Å². The molecule has 0 aliphatic heterocycles. The second-order valence-electron chi connectivity index (χ2n) is 5.05. The maximum atomic E-state index is 13.0. The molecule has 0 radical (unpaired) electrons. The topological polar surface area (TPSA) is 35.6 Å². The van der Waals surface area contributed by atoms with Gasteiger partial charge >= 0.3 is 0 Å². The Hall–Kier alpha value is -1.73. The second-order valence-corrected chi connectivity index (χ2v) is 6.88. The third-order valence-corrected chi connectivity index (χ3v) is 4.47. The first-order valence-corrected chi connectivity index (χ1v) is 8.39. The average molecular weight is 440 g/mol. The van der Waals surface area contributed by atoms with Crippen molar-refractivity contribution in [2.24, 2.45) is 14.1 Å². The number of hydrogen-bond donors (Lipinski definition) is 0. The van der Waals surface area contributed by atoms with Crippen LogP contribution in [0.3, 0.4) is 0 Å². The number of halogens is 3. The molecule has 0 bridgehead atoms. The van der Waals surface area contributed by atoms with Crippen molar-refractivity contribution in [2.75, 3.05) is 0 Å². The molecule has 2 heterocycles. The summed E-state index contributed by atoms with van der Waals surface area (Å²) in [6, 6.07) is 11.5. The average Bonchev–Trinajstić information content (AvgIpc) is 3.01. The van der Waals surface area contributed by atoms with E-state index in [1.165, 1.54) is 10.1 Å². The third kappa shape index (κ3) is 3.30. The quantitative estimate of drug-likeness (QED) is 0.394. The van der Waals surface area contributed by atoms with Crippen molar-refractivity contribution in [2.45, 2.75) is 0 Å². The number of aryl methyl sites for hydroxylation is 2. The Kier molecular flexibility index (Phi) is 4.50. The molecule has 0 aliphatic carbocycles. The zero-order chi connectivity index (χ0) is 16.6. The van der Waals surface area contributed by atoms with Crippen LogP contribution in [0.2, 0.25) is 0 Å². The molecule has 0 aliphatic rings. The van der Waals surface area contributed by atoms with E-state index in [1.807, 2.05) is 36.1 Å². The second kappa shape index (κ2) is 6.41. The van der Waals surface area contributed by atoms with Gasteiger partial charge in [-0.1, -0.05) is 37.9 Å². The van der Waals surface area contributed by atoms with Gasteiger partial charge in [-0.3, -0.25) is 9.36 Å². The first-order valence-electron chi connectivity index (χ1n) is 6.81. The lowest BCUT2D eigenvalue weighted by atomic mass is 10.2. The molecule has 0 unspecified atom stereocenters. The summed E-state index contributed by atoms with van der Waals surface area (Å²) in [6.45, 7) is 0. The molecule has 0 atom stereocenters. The van der Waals surface area contributed by atoms with Gasteiger partial charge in [0.15, 0.2) is 0 Å². The Morgan fingerprint density at radius 2 is 1.57 bits per heavy atom. The van der Waals surface area contributed by atoms with E-state index >= 15 is 0 Å². The van der Waals surface area contributed by atoms with Crippen LogP contribution in [0.5, 0.6) is 0 Å². The Labute approximate surface area is 149 Å². The van der Waals surface area contributed by atoms with Crippen molar-refractivity contribution in [3.05, 3.63) is 57.5 Å². The molecule has 0 saturated carbocycles. The molecule has 0 amide bonds. The van der Waals surface area contributed by atoms with Crippen LogP contribution in [-0.4, -0.2) is 19.6 Å². The fourth-order valence-electron chi connectivity index (χ4n) is 2.30. The summed E-state index contributed by atoms with van der Waals surface area (Å²) >= 11 is 6.72. The number of rotatable bonds is 0. The van der Waals surface area contributed by atoms with Gasteiger partial charge in [0.05, 0.1) is 22.6 Å². The van der Waals surface area contributed by atoms with Crippen LogP contribution in [0.1, 0.15) is 0 Å². The summed E-state index contributed by atoms with van der Waals surface area (Å²) in [7, 11) is 3.66. The number of benzene rings is 2. The smallest absolute Gasteiger partial charge is 0.240 e. The highest BCUT2D eigenvalue weighted by Crippen LogP contribution is 2.21. The lowest BCUT2D eigenvalue weighted by Gasteiger charge is -1.93. The number of nitrogens with zero attached hydrogens (tertiary/aromatic N) is 4. The van der Waals surface area contributed by atoms with Gasteiger partial charge < -0.3 is 0 Å². The highest BCUT2D eigenvalue weighted by Gasteiger charge is 2.06. The standard InChI is InChI=1S/C8H6BrFN2.C8H7BrN2/c1-12-7-4-5(9)2-3-6(7)8(10)11-12;1-11-8-4-7(9)3-2-6(8)5-10-11/h2-4H,1H3;2-5H,1H3. The van der Waals surface area contributed by atoms with Crippen molar-refractivity contribution in [1.29, 1.82) is 0 Å². The Bertz CT molecular complexity index is 990. The lowest BCUT2D eigenvalue weighted by molar-refractivity contribution is 0.562. The van der Waals surface area contributed by atoms with E-state index in [-0.39, 0.29) is 0 Å². The minimum atomic E-state index is -0.417. The summed E-state index contributed by atoms with van der Waals surface area (Å²) in [4.78, 5) is 0. The molecular formula is C16H13Br2FN4. The minimum Gasteiger partial charge on any atom is -0.268 e. The van der Waals surface area contributed by atoms with Crippen molar-refractivity contribution in [3.8, 4) is 0 Å². The zero-order valence-corrected chi connectivity index (χ0v) is 15.6. The maximum Gasteiger partial charge on any atom is 0.240 e. The SMILES string of the molecule is Cn1nc(F)c2ccc(Br)cc21.Cn1ncc2ccc(Br)cc21. The van der Waals surface area contributed by atoms with Crippen molar-refractivity contribution < 1.29 is 4.39 Å². The Morgan fingerprint density at radius 1 is 0.913 bits per heavy atom. The van der Waals surface area contributed by atoms with E-state index in [9.17, 15) is 4.39 Å². The predicted molar refractivity (Wildman–Crippen MR) is 96.8 cm³/mol. The fourth-order valence-corrected chi connectivity index (χ4v) is 3.00. The van der Waals surface area contributed by atoms with E-state index in [4.69, 9.17) is 0 Å². The van der Waals surface area contributed by atoms with Gasteiger partial charge in [-0.25, -0.2) is 0 Å². The highest BCUT2D eigenvalue weighted by molar-refractivity contribution is 9.10. The zero-order valence-electron chi connectivity index (χ0n) is 12.5. The van der Waals surface area contributed by atoms with Gasteiger partial charge in [-0.05, 0) is 30.3 Å². The van der Waals surface area contributed by atoms with E-state index in [1.54, 1.807) is 19.2 Å². The summed E-state index contributed by atoms with van der Waals surface area (Å²) in [5.41, 5.74) is 1.95. The Morgan fingerprint density at radius 3 is 2.30 bits per heavy atom. The minimum absolute atomic E-state index is 0.417. The van der Waals surface area contributed by atoms with E-state index < -0.39 is 5.95 Å². The summed E-state index contributed by atoms with van der Waals surface area (Å²) < 4.78 is 18.4. The van der Waals surface area contributed by atoms with Gasteiger partial charge in [-0.2, -0.15) is 9.49 Å². The van der Waals surface area contributed by atoms with Crippen LogP contribution in [0, 0.1) is 5.95 Å². The summed E-state index contributed by atoms with van der Waals surface area (Å²) in [5.74, 6) is -0.417. The van der Waals surface area contributed by atoms with Crippen LogP contribution in [-0.2, 0) is 14.1 Å². The number of fused-ring (bicyclic) bond motifs is 2. The van der Waals surface area contributed by atoms with Gasteiger partial charge in [-0.15, -0.1) is 5.10 Å².